The van der Waals surface area contributed by atoms with E-state index >= 15 is 0 Å². The molecular formula is C9H10F3NO. The second kappa shape index (κ2) is 3.88. The Hall–Kier alpha value is -1.23. The maximum Gasteiger partial charge on any atom is 0.419 e. The van der Waals surface area contributed by atoms with E-state index in [-0.39, 0.29) is 12.1 Å². The van der Waals surface area contributed by atoms with E-state index < -0.39 is 17.5 Å². The van der Waals surface area contributed by atoms with Crippen LogP contribution in [0.25, 0.3) is 0 Å². The molecule has 1 aromatic carbocycles. The molecule has 0 fully saturated rings. The van der Waals surface area contributed by atoms with Crippen LogP contribution in [0.5, 0.6) is 5.75 Å². The van der Waals surface area contributed by atoms with Gasteiger partial charge in [-0.05, 0) is 13.1 Å². The summed E-state index contributed by atoms with van der Waals surface area (Å²) in [6, 6.07) is 3.57. The highest BCUT2D eigenvalue weighted by Crippen LogP contribution is 2.37. The maximum atomic E-state index is 12.3. The van der Waals surface area contributed by atoms with Gasteiger partial charge in [0, 0.05) is 12.1 Å². The summed E-state index contributed by atoms with van der Waals surface area (Å²) in [4.78, 5) is 0. The summed E-state index contributed by atoms with van der Waals surface area (Å²) in [5.41, 5.74) is -0.757. The molecule has 0 amide bonds. The zero-order chi connectivity index (χ0) is 10.8. The highest BCUT2D eigenvalue weighted by molar-refractivity contribution is 5.41. The van der Waals surface area contributed by atoms with E-state index in [1.54, 1.807) is 7.05 Å². The zero-order valence-electron chi connectivity index (χ0n) is 7.52. The van der Waals surface area contributed by atoms with E-state index in [4.69, 9.17) is 0 Å². The maximum absolute atomic E-state index is 12.3. The molecule has 5 heteroatoms. The van der Waals surface area contributed by atoms with Crippen LogP contribution in [0.3, 0.4) is 0 Å². The van der Waals surface area contributed by atoms with Crippen molar-refractivity contribution in [2.75, 3.05) is 7.05 Å². The van der Waals surface area contributed by atoms with Gasteiger partial charge in [-0.15, -0.1) is 0 Å². The first-order chi connectivity index (χ1) is 6.46. The largest absolute Gasteiger partial charge is 0.507 e. The van der Waals surface area contributed by atoms with Gasteiger partial charge in [-0.3, -0.25) is 0 Å². The number of alkyl halides is 3. The minimum Gasteiger partial charge on any atom is -0.507 e. The van der Waals surface area contributed by atoms with E-state index in [9.17, 15) is 18.3 Å². The van der Waals surface area contributed by atoms with E-state index in [0.29, 0.717) is 0 Å². The molecule has 0 aliphatic heterocycles. The van der Waals surface area contributed by atoms with Gasteiger partial charge in [0.05, 0.1) is 5.56 Å². The summed E-state index contributed by atoms with van der Waals surface area (Å²) in [6.07, 6.45) is -4.51. The number of phenols is 1. The summed E-state index contributed by atoms with van der Waals surface area (Å²) in [5.74, 6) is -0.700. The van der Waals surface area contributed by atoms with Crippen LogP contribution < -0.4 is 5.32 Å². The zero-order valence-corrected chi connectivity index (χ0v) is 7.52. The molecule has 0 saturated carbocycles. The quantitative estimate of drug-likeness (QED) is 0.775. The molecule has 0 bridgehead atoms. The third-order valence-electron chi connectivity index (χ3n) is 1.79. The lowest BCUT2D eigenvalue weighted by Crippen LogP contribution is -2.09. The van der Waals surface area contributed by atoms with Crippen molar-refractivity contribution in [3.8, 4) is 5.75 Å². The molecule has 2 nitrogen and oxygen atoms in total. The first kappa shape index (κ1) is 10.8. The first-order valence-corrected chi connectivity index (χ1v) is 3.99. The number of para-hydroxylation sites is 1. The van der Waals surface area contributed by atoms with Crippen LogP contribution in [0, 0.1) is 0 Å². The van der Waals surface area contributed by atoms with Gasteiger partial charge in [-0.2, -0.15) is 13.2 Å². The predicted octanol–water partition coefficient (Wildman–Crippen LogP) is 2.13. The molecule has 0 aliphatic carbocycles. The summed E-state index contributed by atoms with van der Waals surface area (Å²) in [6.45, 7) is 0.204. The molecule has 0 saturated heterocycles. The van der Waals surface area contributed by atoms with Gasteiger partial charge in [-0.25, -0.2) is 0 Å². The molecule has 0 aromatic heterocycles. The third-order valence-corrected chi connectivity index (χ3v) is 1.79. The minimum atomic E-state index is -4.51. The SMILES string of the molecule is CNCc1cccc(C(F)(F)F)c1O. The third kappa shape index (κ3) is 2.17. The van der Waals surface area contributed by atoms with Crippen molar-refractivity contribution in [2.45, 2.75) is 12.7 Å². The number of nitrogens with one attached hydrogen (secondary N) is 1. The van der Waals surface area contributed by atoms with E-state index in [1.807, 2.05) is 0 Å². The molecule has 0 heterocycles. The smallest absolute Gasteiger partial charge is 0.419 e. The monoisotopic (exact) mass is 205 g/mol. The Morgan fingerprint density at radius 3 is 2.50 bits per heavy atom. The molecule has 0 aliphatic rings. The molecule has 1 aromatic rings. The van der Waals surface area contributed by atoms with Crippen molar-refractivity contribution in [1.82, 2.24) is 5.32 Å². The normalized spacial score (nSPS) is 11.7. The van der Waals surface area contributed by atoms with Gasteiger partial charge in [0.2, 0.25) is 0 Å². The van der Waals surface area contributed by atoms with Gasteiger partial charge < -0.3 is 10.4 Å². The Kier molecular flexibility index (Phi) is 3.00. The fourth-order valence-corrected chi connectivity index (χ4v) is 1.15. The number of hydrogen-bond acceptors (Lipinski definition) is 2. The van der Waals surface area contributed by atoms with Gasteiger partial charge in [0.1, 0.15) is 5.75 Å². The lowest BCUT2D eigenvalue weighted by molar-refractivity contribution is -0.138. The van der Waals surface area contributed by atoms with Crippen LogP contribution in [0.1, 0.15) is 11.1 Å². The summed E-state index contributed by atoms with van der Waals surface area (Å²) in [7, 11) is 1.60. The van der Waals surface area contributed by atoms with Crippen molar-refractivity contribution >= 4 is 0 Å². The average molecular weight is 205 g/mol. The fraction of sp³-hybridized carbons (Fsp3) is 0.333. The Bertz CT molecular complexity index is 322. The predicted molar refractivity (Wildman–Crippen MR) is 45.9 cm³/mol. The number of aromatic hydroxyl groups is 1. The van der Waals surface area contributed by atoms with Gasteiger partial charge in [0.25, 0.3) is 0 Å². The Morgan fingerprint density at radius 1 is 1.36 bits per heavy atom. The van der Waals surface area contributed by atoms with Crippen molar-refractivity contribution in [3.05, 3.63) is 29.3 Å². The Labute approximate surface area is 79.4 Å². The summed E-state index contributed by atoms with van der Waals surface area (Å²) >= 11 is 0. The second-order valence-electron chi connectivity index (χ2n) is 2.84. The molecule has 0 radical (unpaired) electrons. The molecule has 0 atom stereocenters. The number of benzene rings is 1. The molecular weight excluding hydrogens is 195 g/mol. The van der Waals surface area contributed by atoms with Crippen LogP contribution in [0.15, 0.2) is 18.2 Å². The average Bonchev–Trinajstić information content (AvgIpc) is 2.07. The number of rotatable bonds is 2. The molecule has 14 heavy (non-hydrogen) atoms. The van der Waals surface area contributed by atoms with Crippen molar-refractivity contribution in [3.63, 3.8) is 0 Å². The van der Waals surface area contributed by atoms with Crippen molar-refractivity contribution in [2.24, 2.45) is 0 Å². The van der Waals surface area contributed by atoms with Crippen molar-refractivity contribution in [1.29, 1.82) is 0 Å². The highest BCUT2D eigenvalue weighted by atomic mass is 19.4. The minimum absolute atomic E-state index is 0.204. The topological polar surface area (TPSA) is 32.3 Å². The molecule has 78 valence electrons. The summed E-state index contributed by atoms with van der Waals surface area (Å²) < 4.78 is 36.9. The fourth-order valence-electron chi connectivity index (χ4n) is 1.15. The standard InChI is InChI=1S/C9H10F3NO/c1-13-5-6-3-2-4-7(8(6)14)9(10,11)12/h2-4,13-14H,5H2,1H3. The van der Waals surface area contributed by atoms with E-state index in [0.717, 1.165) is 6.07 Å². The lowest BCUT2D eigenvalue weighted by Gasteiger charge is -2.11. The van der Waals surface area contributed by atoms with Crippen LogP contribution in [0.2, 0.25) is 0 Å². The summed E-state index contributed by atoms with van der Waals surface area (Å²) in [5, 5.41) is 12.0. The first-order valence-electron chi connectivity index (χ1n) is 3.99. The molecule has 0 spiro atoms. The van der Waals surface area contributed by atoms with Gasteiger partial charge in [0.15, 0.2) is 0 Å². The Morgan fingerprint density at radius 2 is 2.00 bits per heavy atom. The van der Waals surface area contributed by atoms with Crippen LogP contribution in [-0.2, 0) is 12.7 Å². The number of phenolic OH excluding ortho intramolecular Hbond substituents is 1. The second-order valence-corrected chi connectivity index (χ2v) is 2.84. The molecule has 2 N–H and O–H groups in total. The van der Waals surface area contributed by atoms with E-state index in [1.165, 1.54) is 12.1 Å². The van der Waals surface area contributed by atoms with E-state index in [2.05, 4.69) is 5.32 Å². The molecule has 0 unspecified atom stereocenters. The lowest BCUT2D eigenvalue weighted by atomic mass is 10.1. The highest BCUT2D eigenvalue weighted by Gasteiger charge is 2.34. The Balaban J connectivity index is 3.14. The van der Waals surface area contributed by atoms with Crippen LogP contribution in [-0.4, -0.2) is 12.2 Å². The number of hydrogen-bond donors (Lipinski definition) is 2. The van der Waals surface area contributed by atoms with Gasteiger partial charge in [-0.1, -0.05) is 12.1 Å². The van der Waals surface area contributed by atoms with Crippen LogP contribution in [0.4, 0.5) is 13.2 Å². The number of halogens is 3. The van der Waals surface area contributed by atoms with Gasteiger partial charge >= 0.3 is 6.18 Å². The molecule has 1 rings (SSSR count). The van der Waals surface area contributed by atoms with Crippen molar-refractivity contribution < 1.29 is 18.3 Å². The van der Waals surface area contributed by atoms with Crippen LogP contribution >= 0.6 is 0 Å².